The summed E-state index contributed by atoms with van der Waals surface area (Å²) < 4.78 is 0.962. The summed E-state index contributed by atoms with van der Waals surface area (Å²) in [6.07, 6.45) is 0. The average Bonchev–Trinajstić information content (AvgIpc) is 2.34. The summed E-state index contributed by atoms with van der Waals surface area (Å²) in [6, 6.07) is 14.0. The number of hydrogen-bond donors (Lipinski definition) is 0. The van der Waals surface area contributed by atoms with Gasteiger partial charge in [-0.2, -0.15) is 0 Å². The average molecular weight is 321 g/mol. The van der Waals surface area contributed by atoms with Crippen LogP contribution in [0.25, 0.3) is 0 Å². The maximum absolute atomic E-state index is 11.3. The van der Waals surface area contributed by atoms with Crippen molar-refractivity contribution in [2.75, 3.05) is 0 Å². The second-order valence-corrected chi connectivity index (χ2v) is 6.01. The van der Waals surface area contributed by atoms with Crippen molar-refractivity contribution in [3.05, 3.63) is 58.1 Å². The molecule has 0 aliphatic heterocycles. The molecule has 0 N–H and O–H groups in total. The Bertz CT molecular complexity index is 593. The molecule has 0 aliphatic rings. The van der Waals surface area contributed by atoms with Crippen LogP contribution in [0.4, 0.5) is 0 Å². The molecule has 1 nitrogen and oxygen atoms in total. The second-order valence-electron chi connectivity index (χ2n) is 4.07. The highest BCUT2D eigenvalue weighted by atomic mass is 79.9. The fourth-order valence-electron chi connectivity index (χ4n) is 1.59. The molecule has 0 bridgehead atoms. The molecule has 18 heavy (non-hydrogen) atoms. The summed E-state index contributed by atoms with van der Waals surface area (Å²) in [5.41, 5.74) is 1.99. The van der Waals surface area contributed by atoms with E-state index in [1.165, 1.54) is 10.5 Å². The van der Waals surface area contributed by atoms with Crippen molar-refractivity contribution < 1.29 is 4.79 Å². The van der Waals surface area contributed by atoms with Crippen LogP contribution in [0.1, 0.15) is 22.8 Å². The standard InChI is InChI=1S/C15H13BrOS/c1-10-5-3-4-6-14(10)18-15-8-7-12(11(2)17)9-13(15)16/h3-9H,1-2H3. The van der Waals surface area contributed by atoms with Crippen LogP contribution in [0.3, 0.4) is 0 Å². The minimum absolute atomic E-state index is 0.0862. The summed E-state index contributed by atoms with van der Waals surface area (Å²) in [7, 11) is 0. The monoisotopic (exact) mass is 320 g/mol. The van der Waals surface area contributed by atoms with Crippen LogP contribution in [0.2, 0.25) is 0 Å². The van der Waals surface area contributed by atoms with E-state index in [1.54, 1.807) is 18.7 Å². The first-order chi connectivity index (χ1) is 8.58. The van der Waals surface area contributed by atoms with E-state index in [0.29, 0.717) is 0 Å². The van der Waals surface area contributed by atoms with Crippen LogP contribution in [0.5, 0.6) is 0 Å². The van der Waals surface area contributed by atoms with E-state index >= 15 is 0 Å². The third kappa shape index (κ3) is 3.03. The van der Waals surface area contributed by atoms with Gasteiger partial charge in [0, 0.05) is 19.8 Å². The largest absolute Gasteiger partial charge is 0.295 e. The lowest BCUT2D eigenvalue weighted by molar-refractivity contribution is 0.101. The van der Waals surface area contributed by atoms with Gasteiger partial charge in [0.25, 0.3) is 0 Å². The third-order valence-electron chi connectivity index (χ3n) is 2.65. The Kier molecular flexibility index (Phi) is 4.25. The number of Topliss-reactive ketones (excluding diaryl/α,β-unsaturated/α-hetero) is 1. The Morgan fingerprint density at radius 3 is 2.44 bits per heavy atom. The molecular formula is C15H13BrOS. The van der Waals surface area contributed by atoms with E-state index in [0.717, 1.165) is 14.9 Å². The lowest BCUT2D eigenvalue weighted by atomic mass is 10.2. The molecule has 0 spiro atoms. The smallest absolute Gasteiger partial charge is 0.159 e. The zero-order chi connectivity index (χ0) is 13.1. The van der Waals surface area contributed by atoms with Gasteiger partial charge >= 0.3 is 0 Å². The molecule has 0 heterocycles. The third-order valence-corrected chi connectivity index (χ3v) is 4.82. The lowest BCUT2D eigenvalue weighted by Gasteiger charge is -2.08. The van der Waals surface area contributed by atoms with Gasteiger partial charge in [-0.05, 0) is 53.5 Å². The molecule has 0 aliphatic carbocycles. The molecule has 0 saturated heterocycles. The van der Waals surface area contributed by atoms with Crippen LogP contribution in [0.15, 0.2) is 56.7 Å². The minimum atomic E-state index is 0.0862. The number of carbonyl (C=O) groups is 1. The molecule has 2 aromatic carbocycles. The number of halogens is 1. The van der Waals surface area contributed by atoms with Crippen LogP contribution < -0.4 is 0 Å². The Morgan fingerprint density at radius 2 is 1.83 bits per heavy atom. The van der Waals surface area contributed by atoms with Crippen molar-refractivity contribution in [3.63, 3.8) is 0 Å². The molecule has 0 saturated carbocycles. The van der Waals surface area contributed by atoms with Crippen LogP contribution in [0, 0.1) is 6.92 Å². The summed E-state index contributed by atoms with van der Waals surface area (Å²) >= 11 is 5.23. The van der Waals surface area contributed by atoms with Gasteiger partial charge in [0.15, 0.2) is 5.78 Å². The Labute approximate surface area is 120 Å². The molecule has 2 rings (SSSR count). The van der Waals surface area contributed by atoms with E-state index in [-0.39, 0.29) is 5.78 Å². The molecule has 0 aromatic heterocycles. The second kappa shape index (κ2) is 5.72. The molecule has 0 fully saturated rings. The van der Waals surface area contributed by atoms with E-state index in [1.807, 2.05) is 30.3 Å². The molecular weight excluding hydrogens is 308 g/mol. The SMILES string of the molecule is CC(=O)c1ccc(Sc2ccccc2C)c(Br)c1. The van der Waals surface area contributed by atoms with Gasteiger partial charge < -0.3 is 0 Å². The summed E-state index contributed by atoms with van der Waals surface area (Å²) in [5.74, 6) is 0.0862. The molecule has 3 heteroatoms. The van der Waals surface area contributed by atoms with Gasteiger partial charge in [-0.25, -0.2) is 0 Å². The van der Waals surface area contributed by atoms with Crippen LogP contribution >= 0.6 is 27.7 Å². The first-order valence-electron chi connectivity index (χ1n) is 5.62. The quantitative estimate of drug-likeness (QED) is 0.731. The molecule has 2 aromatic rings. The number of aryl methyl sites for hydroxylation is 1. The maximum atomic E-state index is 11.3. The van der Waals surface area contributed by atoms with Crippen molar-refractivity contribution in [2.45, 2.75) is 23.6 Å². The fourth-order valence-corrected chi connectivity index (χ4v) is 3.12. The van der Waals surface area contributed by atoms with Gasteiger partial charge in [0.1, 0.15) is 0 Å². The summed E-state index contributed by atoms with van der Waals surface area (Å²) in [5, 5.41) is 0. The number of benzene rings is 2. The van der Waals surface area contributed by atoms with Crippen molar-refractivity contribution in [1.82, 2.24) is 0 Å². The Morgan fingerprint density at radius 1 is 1.11 bits per heavy atom. The van der Waals surface area contributed by atoms with Crippen LogP contribution in [-0.2, 0) is 0 Å². The first-order valence-corrected chi connectivity index (χ1v) is 7.23. The Balaban J connectivity index is 2.30. The number of rotatable bonds is 3. The summed E-state index contributed by atoms with van der Waals surface area (Å²) in [4.78, 5) is 13.6. The highest BCUT2D eigenvalue weighted by Gasteiger charge is 2.07. The molecule has 0 radical (unpaired) electrons. The molecule has 0 unspecified atom stereocenters. The van der Waals surface area contributed by atoms with Crippen molar-refractivity contribution in [3.8, 4) is 0 Å². The van der Waals surface area contributed by atoms with Gasteiger partial charge in [-0.15, -0.1) is 0 Å². The molecule has 0 atom stereocenters. The van der Waals surface area contributed by atoms with Crippen molar-refractivity contribution >= 4 is 33.5 Å². The normalized spacial score (nSPS) is 10.4. The van der Waals surface area contributed by atoms with E-state index < -0.39 is 0 Å². The fraction of sp³-hybridized carbons (Fsp3) is 0.133. The predicted octanol–water partition coefficient (Wildman–Crippen LogP) is 5.11. The van der Waals surface area contributed by atoms with Crippen molar-refractivity contribution in [1.29, 1.82) is 0 Å². The zero-order valence-corrected chi connectivity index (χ0v) is 12.6. The first kappa shape index (κ1) is 13.4. The zero-order valence-electron chi connectivity index (χ0n) is 10.2. The Hall–Kier alpha value is -1.06. The van der Waals surface area contributed by atoms with Gasteiger partial charge in [-0.1, -0.05) is 36.0 Å². The maximum Gasteiger partial charge on any atom is 0.159 e. The topological polar surface area (TPSA) is 17.1 Å². The van der Waals surface area contributed by atoms with Crippen molar-refractivity contribution in [2.24, 2.45) is 0 Å². The predicted molar refractivity (Wildman–Crippen MR) is 79.4 cm³/mol. The van der Waals surface area contributed by atoms with Gasteiger partial charge in [-0.3, -0.25) is 4.79 Å². The van der Waals surface area contributed by atoms with E-state index in [4.69, 9.17) is 0 Å². The van der Waals surface area contributed by atoms with E-state index in [2.05, 4.69) is 35.0 Å². The number of carbonyl (C=O) groups excluding carboxylic acids is 1. The number of ketones is 1. The summed E-state index contributed by atoms with van der Waals surface area (Å²) in [6.45, 7) is 3.68. The molecule has 0 amide bonds. The molecule has 92 valence electrons. The van der Waals surface area contributed by atoms with Gasteiger partial charge in [0.2, 0.25) is 0 Å². The van der Waals surface area contributed by atoms with E-state index in [9.17, 15) is 4.79 Å². The highest BCUT2D eigenvalue weighted by molar-refractivity contribution is 9.10. The number of hydrogen-bond acceptors (Lipinski definition) is 2. The minimum Gasteiger partial charge on any atom is -0.295 e. The lowest BCUT2D eigenvalue weighted by Crippen LogP contribution is -1.91. The highest BCUT2D eigenvalue weighted by Crippen LogP contribution is 2.35. The van der Waals surface area contributed by atoms with Gasteiger partial charge in [0.05, 0.1) is 0 Å². The van der Waals surface area contributed by atoms with Crippen LogP contribution in [-0.4, -0.2) is 5.78 Å².